The van der Waals surface area contributed by atoms with E-state index in [0.717, 1.165) is 25.0 Å². The monoisotopic (exact) mass is 249 g/mol. The lowest BCUT2D eigenvalue weighted by Gasteiger charge is -2.36. The molecule has 2 N–H and O–H groups in total. The molecule has 1 aliphatic rings. The molecule has 98 valence electrons. The van der Waals surface area contributed by atoms with E-state index in [-0.39, 0.29) is 5.91 Å². The van der Waals surface area contributed by atoms with Crippen LogP contribution in [0.4, 0.5) is 0 Å². The number of nitrogens with one attached hydrogen (secondary N) is 1. The molecule has 0 unspecified atom stereocenters. The highest BCUT2D eigenvalue weighted by molar-refractivity contribution is 5.76. The lowest BCUT2D eigenvalue weighted by molar-refractivity contribution is -0.124. The van der Waals surface area contributed by atoms with Crippen molar-refractivity contribution in [2.24, 2.45) is 0 Å². The highest BCUT2D eigenvalue weighted by atomic mass is 16.5. The van der Waals surface area contributed by atoms with E-state index in [4.69, 9.17) is 4.74 Å². The number of amides is 1. The fourth-order valence-electron chi connectivity index (χ4n) is 1.89. The van der Waals surface area contributed by atoms with Crippen molar-refractivity contribution < 1.29 is 14.6 Å². The van der Waals surface area contributed by atoms with Gasteiger partial charge in [-0.25, -0.2) is 0 Å². The highest BCUT2D eigenvalue weighted by Gasteiger charge is 2.34. The third-order valence-corrected chi connectivity index (χ3v) is 3.24. The van der Waals surface area contributed by atoms with E-state index in [1.165, 1.54) is 0 Å². The standard InChI is InChI=1S/C14H19NO3/c16-13(15-11-14(17)8-4-9-14)7-10-18-12-5-2-1-3-6-12/h1-3,5-6,17H,4,7-11H2,(H,15,16). The fraction of sp³-hybridized carbons (Fsp3) is 0.500. The van der Waals surface area contributed by atoms with E-state index in [9.17, 15) is 9.90 Å². The number of rotatable bonds is 6. The second-order valence-electron chi connectivity index (χ2n) is 4.77. The summed E-state index contributed by atoms with van der Waals surface area (Å²) in [5.41, 5.74) is -0.657. The van der Waals surface area contributed by atoms with Gasteiger partial charge in [-0.2, -0.15) is 0 Å². The van der Waals surface area contributed by atoms with E-state index >= 15 is 0 Å². The lowest BCUT2D eigenvalue weighted by atomic mass is 9.80. The SMILES string of the molecule is O=C(CCOc1ccccc1)NCC1(O)CCC1. The molecule has 1 fully saturated rings. The van der Waals surface area contributed by atoms with Crippen LogP contribution < -0.4 is 10.1 Å². The first-order chi connectivity index (χ1) is 8.68. The maximum Gasteiger partial charge on any atom is 0.223 e. The van der Waals surface area contributed by atoms with Crippen LogP contribution in [-0.2, 0) is 4.79 Å². The Bertz CT molecular complexity index is 387. The number of ether oxygens (including phenoxy) is 1. The lowest BCUT2D eigenvalue weighted by Crippen LogP contribution is -2.47. The number of carbonyl (C=O) groups excluding carboxylic acids is 1. The van der Waals surface area contributed by atoms with Crippen molar-refractivity contribution in [3.05, 3.63) is 30.3 Å². The van der Waals surface area contributed by atoms with E-state index in [1.54, 1.807) is 0 Å². The summed E-state index contributed by atoms with van der Waals surface area (Å²) in [5, 5.41) is 12.6. The average Bonchev–Trinajstić information content (AvgIpc) is 2.35. The van der Waals surface area contributed by atoms with Gasteiger partial charge in [0, 0.05) is 6.54 Å². The number of aliphatic hydroxyl groups is 1. The number of hydrogen-bond donors (Lipinski definition) is 2. The second-order valence-corrected chi connectivity index (χ2v) is 4.77. The molecular formula is C14H19NO3. The zero-order valence-electron chi connectivity index (χ0n) is 10.4. The average molecular weight is 249 g/mol. The number of hydrogen-bond acceptors (Lipinski definition) is 3. The van der Waals surface area contributed by atoms with Gasteiger partial charge in [0.1, 0.15) is 5.75 Å². The Kier molecular flexibility index (Phi) is 4.20. The first-order valence-electron chi connectivity index (χ1n) is 6.35. The van der Waals surface area contributed by atoms with E-state index < -0.39 is 5.60 Å². The molecule has 18 heavy (non-hydrogen) atoms. The Hall–Kier alpha value is -1.55. The molecule has 0 aliphatic heterocycles. The molecule has 0 bridgehead atoms. The normalized spacial score (nSPS) is 16.7. The summed E-state index contributed by atoms with van der Waals surface area (Å²) >= 11 is 0. The van der Waals surface area contributed by atoms with Gasteiger partial charge in [0.25, 0.3) is 0 Å². The quantitative estimate of drug-likeness (QED) is 0.803. The number of para-hydroxylation sites is 1. The molecule has 0 heterocycles. The van der Waals surface area contributed by atoms with Crippen molar-refractivity contribution in [3.63, 3.8) is 0 Å². The first kappa shape index (κ1) is 12.9. The maximum absolute atomic E-state index is 11.5. The molecule has 4 nitrogen and oxygen atoms in total. The maximum atomic E-state index is 11.5. The Morgan fingerprint density at radius 3 is 2.67 bits per heavy atom. The van der Waals surface area contributed by atoms with Crippen LogP contribution in [0, 0.1) is 0 Å². The minimum atomic E-state index is -0.657. The number of carbonyl (C=O) groups is 1. The van der Waals surface area contributed by atoms with Gasteiger partial charge in [-0.1, -0.05) is 18.2 Å². The van der Waals surface area contributed by atoms with Crippen LogP contribution in [0.3, 0.4) is 0 Å². The molecule has 4 heteroatoms. The zero-order chi connectivity index (χ0) is 12.8. The summed E-state index contributed by atoms with van der Waals surface area (Å²) in [7, 11) is 0. The van der Waals surface area contributed by atoms with Crippen LogP contribution >= 0.6 is 0 Å². The van der Waals surface area contributed by atoms with Crippen molar-refractivity contribution in [1.82, 2.24) is 5.32 Å². The second kappa shape index (κ2) is 5.87. The molecule has 1 aliphatic carbocycles. The molecule has 1 aromatic carbocycles. The van der Waals surface area contributed by atoms with Gasteiger partial charge in [-0.3, -0.25) is 4.79 Å². The molecule has 0 atom stereocenters. The third kappa shape index (κ3) is 3.74. The fourth-order valence-corrected chi connectivity index (χ4v) is 1.89. The van der Waals surface area contributed by atoms with Crippen molar-refractivity contribution in [2.75, 3.05) is 13.2 Å². The summed E-state index contributed by atoms with van der Waals surface area (Å²) in [5.74, 6) is 0.689. The topological polar surface area (TPSA) is 58.6 Å². The van der Waals surface area contributed by atoms with Crippen molar-refractivity contribution in [1.29, 1.82) is 0 Å². The van der Waals surface area contributed by atoms with Gasteiger partial charge in [0.15, 0.2) is 0 Å². The van der Waals surface area contributed by atoms with E-state index in [2.05, 4.69) is 5.32 Å². The molecule has 0 saturated heterocycles. The van der Waals surface area contributed by atoms with Gasteiger partial charge >= 0.3 is 0 Å². The summed E-state index contributed by atoms with van der Waals surface area (Å²) < 4.78 is 5.43. The first-order valence-corrected chi connectivity index (χ1v) is 6.35. The van der Waals surface area contributed by atoms with Crippen LogP contribution in [0.1, 0.15) is 25.7 Å². The molecule has 0 radical (unpaired) electrons. The van der Waals surface area contributed by atoms with E-state index in [1.807, 2.05) is 30.3 Å². The van der Waals surface area contributed by atoms with Crippen LogP contribution in [-0.4, -0.2) is 29.8 Å². The van der Waals surface area contributed by atoms with Crippen LogP contribution in [0.2, 0.25) is 0 Å². The Balaban J connectivity index is 1.60. The largest absolute Gasteiger partial charge is 0.493 e. The molecule has 1 aromatic rings. The van der Waals surface area contributed by atoms with Gasteiger partial charge in [0.2, 0.25) is 5.91 Å². The zero-order valence-corrected chi connectivity index (χ0v) is 10.4. The highest BCUT2D eigenvalue weighted by Crippen LogP contribution is 2.30. The Morgan fingerprint density at radius 2 is 2.06 bits per heavy atom. The molecule has 1 amide bonds. The van der Waals surface area contributed by atoms with Gasteiger partial charge < -0.3 is 15.2 Å². The van der Waals surface area contributed by atoms with Crippen molar-refractivity contribution in [2.45, 2.75) is 31.3 Å². The number of benzene rings is 1. The molecule has 2 rings (SSSR count). The predicted octanol–water partition coefficient (Wildman–Crippen LogP) is 1.49. The minimum Gasteiger partial charge on any atom is -0.493 e. The van der Waals surface area contributed by atoms with Gasteiger partial charge in [0.05, 0.1) is 18.6 Å². The smallest absolute Gasteiger partial charge is 0.223 e. The molecular weight excluding hydrogens is 230 g/mol. The summed E-state index contributed by atoms with van der Waals surface area (Å²) in [6.45, 7) is 0.714. The molecule has 1 saturated carbocycles. The van der Waals surface area contributed by atoms with E-state index in [0.29, 0.717) is 19.6 Å². The molecule has 0 spiro atoms. The van der Waals surface area contributed by atoms with Crippen LogP contribution in [0.5, 0.6) is 5.75 Å². The third-order valence-electron chi connectivity index (χ3n) is 3.24. The Morgan fingerprint density at radius 1 is 1.33 bits per heavy atom. The predicted molar refractivity (Wildman–Crippen MR) is 68.4 cm³/mol. The van der Waals surface area contributed by atoms with Crippen molar-refractivity contribution in [3.8, 4) is 5.75 Å². The van der Waals surface area contributed by atoms with Crippen LogP contribution in [0.25, 0.3) is 0 Å². The van der Waals surface area contributed by atoms with Gasteiger partial charge in [-0.15, -0.1) is 0 Å². The summed E-state index contributed by atoms with van der Waals surface area (Å²) in [4.78, 5) is 11.5. The Labute approximate surface area is 107 Å². The summed E-state index contributed by atoms with van der Waals surface area (Å²) in [6.07, 6.45) is 2.93. The molecule has 0 aromatic heterocycles. The van der Waals surface area contributed by atoms with Crippen LogP contribution in [0.15, 0.2) is 30.3 Å². The summed E-state index contributed by atoms with van der Waals surface area (Å²) in [6, 6.07) is 9.41. The minimum absolute atomic E-state index is 0.0775. The van der Waals surface area contributed by atoms with Crippen molar-refractivity contribution >= 4 is 5.91 Å². The van der Waals surface area contributed by atoms with Gasteiger partial charge in [-0.05, 0) is 31.4 Å².